The Balaban J connectivity index is 1.21. The molecule has 1 saturated carbocycles. The van der Waals surface area contributed by atoms with Crippen molar-refractivity contribution in [2.75, 3.05) is 20.6 Å². The second kappa shape index (κ2) is 10.3. The summed E-state index contributed by atoms with van der Waals surface area (Å²) >= 11 is 0. The summed E-state index contributed by atoms with van der Waals surface area (Å²) in [5.41, 5.74) is 2.78. The molecule has 2 aromatic carbocycles. The number of nitrogens with zero attached hydrogens (tertiary/aromatic N) is 5. The van der Waals surface area contributed by atoms with Gasteiger partial charge in [-0.3, -0.25) is 9.80 Å². The Morgan fingerprint density at radius 2 is 1.94 bits per heavy atom. The summed E-state index contributed by atoms with van der Waals surface area (Å²) in [5, 5.41) is 23.6. The fraction of sp³-hybridized carbons (Fsp3) is 0.481. The van der Waals surface area contributed by atoms with Crippen LogP contribution in [0.1, 0.15) is 55.1 Å². The number of aromatic amines is 1. The lowest BCUT2D eigenvalue weighted by Gasteiger charge is -2.45. The van der Waals surface area contributed by atoms with Crippen molar-refractivity contribution < 1.29 is 14.6 Å². The minimum Gasteiger partial charge on any atom is -0.488 e. The number of benzene rings is 2. The number of aromatic nitrogens is 4. The highest BCUT2D eigenvalue weighted by molar-refractivity contribution is 5.66. The Labute approximate surface area is 211 Å². The third kappa shape index (κ3) is 4.93. The van der Waals surface area contributed by atoms with E-state index in [4.69, 9.17) is 4.74 Å². The molecule has 0 bridgehead atoms. The highest BCUT2D eigenvalue weighted by Gasteiger charge is 2.40. The van der Waals surface area contributed by atoms with E-state index in [1.165, 1.54) is 28.9 Å². The molecule has 1 saturated heterocycles. The first-order valence-corrected chi connectivity index (χ1v) is 12.7. The number of amides is 1. The van der Waals surface area contributed by atoms with Crippen LogP contribution in [0.4, 0.5) is 4.79 Å². The van der Waals surface area contributed by atoms with Crippen molar-refractivity contribution in [3.05, 3.63) is 71.5 Å². The van der Waals surface area contributed by atoms with Crippen LogP contribution >= 0.6 is 0 Å². The maximum atomic E-state index is 11.7. The predicted molar refractivity (Wildman–Crippen MR) is 135 cm³/mol. The molecule has 1 amide bonds. The van der Waals surface area contributed by atoms with Gasteiger partial charge in [0.25, 0.3) is 0 Å². The molecule has 0 radical (unpaired) electrons. The Morgan fingerprint density at radius 1 is 1.17 bits per heavy atom. The highest BCUT2D eigenvalue weighted by Crippen LogP contribution is 2.44. The van der Waals surface area contributed by atoms with Crippen molar-refractivity contribution in [3.8, 4) is 5.75 Å². The molecule has 2 N–H and O–H groups in total. The molecular formula is C27H34N6O3. The second-order valence-corrected chi connectivity index (χ2v) is 10.3. The Kier molecular flexibility index (Phi) is 6.91. The standard InChI is InChI=1S/C27H34N6O3/c1-32(2)27(21-8-4-3-5-9-21)13-11-19(12-14-27)15-20-7-6-10-22(16-20)36-23-17-24(25-28-30-31-29-25)33(18-23)26(34)35/h3-10,16,19,23-24H,11-15,17-18H2,1-2H3,(H,34,35)(H,28,29,30,31)/t19?,23-,24-,27?/m0/s1. The van der Waals surface area contributed by atoms with Crippen molar-refractivity contribution >= 4 is 6.09 Å². The third-order valence-electron chi connectivity index (χ3n) is 7.99. The molecule has 5 rings (SSSR count). The molecule has 1 aromatic heterocycles. The minimum absolute atomic E-state index is 0.108. The molecular weight excluding hydrogens is 456 g/mol. The second-order valence-electron chi connectivity index (χ2n) is 10.3. The van der Waals surface area contributed by atoms with Gasteiger partial charge in [-0.1, -0.05) is 47.7 Å². The number of hydrogen-bond acceptors (Lipinski definition) is 6. The molecule has 9 nitrogen and oxygen atoms in total. The Hall–Kier alpha value is -3.46. The number of H-pyrrole nitrogens is 1. The maximum Gasteiger partial charge on any atom is 0.408 e. The zero-order valence-corrected chi connectivity index (χ0v) is 20.9. The van der Waals surface area contributed by atoms with E-state index in [2.05, 4.69) is 82.1 Å². The number of carboxylic acid groups (broad SMARTS) is 1. The van der Waals surface area contributed by atoms with Crippen molar-refractivity contribution in [2.45, 2.75) is 56.2 Å². The van der Waals surface area contributed by atoms with Crippen LogP contribution in [0.25, 0.3) is 0 Å². The van der Waals surface area contributed by atoms with E-state index in [0.717, 1.165) is 25.0 Å². The number of tetrazole rings is 1. The molecule has 190 valence electrons. The summed E-state index contributed by atoms with van der Waals surface area (Å²) in [7, 11) is 4.40. The lowest BCUT2D eigenvalue weighted by molar-refractivity contribution is 0.0772. The van der Waals surface area contributed by atoms with Crippen LogP contribution in [0.2, 0.25) is 0 Å². The van der Waals surface area contributed by atoms with Gasteiger partial charge >= 0.3 is 6.09 Å². The largest absolute Gasteiger partial charge is 0.488 e. The number of ether oxygens (including phenoxy) is 1. The molecule has 2 aliphatic rings. The molecule has 36 heavy (non-hydrogen) atoms. The Morgan fingerprint density at radius 3 is 2.61 bits per heavy atom. The van der Waals surface area contributed by atoms with E-state index in [9.17, 15) is 9.90 Å². The zero-order chi connectivity index (χ0) is 25.1. The average molecular weight is 491 g/mol. The SMILES string of the molecule is CN(C)C1(c2ccccc2)CCC(Cc2cccc(O[C@H]3C[C@@H](c4nn[nH]n4)N(C(=O)O)C3)c2)CC1. The van der Waals surface area contributed by atoms with Crippen molar-refractivity contribution in [1.82, 2.24) is 30.4 Å². The first kappa shape index (κ1) is 24.2. The van der Waals surface area contributed by atoms with E-state index in [-0.39, 0.29) is 18.2 Å². The summed E-state index contributed by atoms with van der Waals surface area (Å²) in [6.45, 7) is 0.271. The third-order valence-corrected chi connectivity index (χ3v) is 7.99. The highest BCUT2D eigenvalue weighted by atomic mass is 16.5. The van der Waals surface area contributed by atoms with Gasteiger partial charge < -0.3 is 9.84 Å². The van der Waals surface area contributed by atoms with Crippen molar-refractivity contribution in [3.63, 3.8) is 0 Å². The molecule has 1 aliphatic carbocycles. The summed E-state index contributed by atoms with van der Waals surface area (Å²) in [5.74, 6) is 1.78. The van der Waals surface area contributed by atoms with Crippen molar-refractivity contribution in [1.29, 1.82) is 0 Å². The molecule has 0 unspecified atom stereocenters. The van der Waals surface area contributed by atoms with Gasteiger partial charge in [0, 0.05) is 12.0 Å². The van der Waals surface area contributed by atoms with Gasteiger partial charge in [0.2, 0.25) is 0 Å². The van der Waals surface area contributed by atoms with Crippen LogP contribution in [0.3, 0.4) is 0 Å². The van der Waals surface area contributed by atoms with Gasteiger partial charge in [-0.2, -0.15) is 5.21 Å². The molecule has 2 fully saturated rings. The lowest BCUT2D eigenvalue weighted by Crippen LogP contribution is -2.44. The first-order valence-electron chi connectivity index (χ1n) is 12.7. The first-order chi connectivity index (χ1) is 17.4. The molecule has 9 heteroatoms. The number of likely N-dealkylation sites (tertiary alicyclic amines) is 1. The van der Waals surface area contributed by atoms with Gasteiger partial charge in [-0.15, -0.1) is 10.2 Å². The Bertz CT molecular complexity index is 1150. The number of rotatable bonds is 7. The summed E-state index contributed by atoms with van der Waals surface area (Å²) in [4.78, 5) is 15.5. The number of nitrogens with one attached hydrogen (secondary N) is 1. The topological polar surface area (TPSA) is 107 Å². The van der Waals surface area contributed by atoms with Gasteiger partial charge in [-0.25, -0.2) is 4.79 Å². The smallest absolute Gasteiger partial charge is 0.408 e. The number of hydrogen-bond donors (Lipinski definition) is 2. The van der Waals surface area contributed by atoms with Gasteiger partial charge in [-0.05, 0) is 75.4 Å². The number of carbonyl (C=O) groups is 1. The van der Waals surface area contributed by atoms with Gasteiger partial charge in [0.05, 0.1) is 6.54 Å². The van der Waals surface area contributed by atoms with Crippen LogP contribution < -0.4 is 4.74 Å². The van der Waals surface area contributed by atoms with E-state index in [1.807, 2.05) is 12.1 Å². The summed E-state index contributed by atoms with van der Waals surface area (Å²) in [6.07, 6.45) is 4.90. The maximum absolute atomic E-state index is 11.7. The van der Waals surface area contributed by atoms with E-state index in [0.29, 0.717) is 18.2 Å². The van der Waals surface area contributed by atoms with Crippen LogP contribution in [0.15, 0.2) is 54.6 Å². The van der Waals surface area contributed by atoms with Gasteiger partial charge in [0.15, 0.2) is 5.82 Å². The van der Waals surface area contributed by atoms with E-state index < -0.39 is 12.1 Å². The van der Waals surface area contributed by atoms with E-state index >= 15 is 0 Å². The zero-order valence-electron chi connectivity index (χ0n) is 20.9. The lowest BCUT2D eigenvalue weighted by atomic mass is 9.70. The predicted octanol–water partition coefficient (Wildman–Crippen LogP) is 4.26. The minimum atomic E-state index is -1.01. The van der Waals surface area contributed by atoms with Crippen LogP contribution in [0, 0.1) is 5.92 Å². The molecule has 2 atom stereocenters. The fourth-order valence-corrected chi connectivity index (χ4v) is 6.02. The summed E-state index contributed by atoms with van der Waals surface area (Å²) in [6, 6.07) is 18.7. The molecule has 1 aliphatic heterocycles. The monoisotopic (exact) mass is 490 g/mol. The molecule has 3 aromatic rings. The van der Waals surface area contributed by atoms with Crippen LogP contribution in [-0.4, -0.2) is 68.4 Å². The fourth-order valence-electron chi connectivity index (χ4n) is 6.02. The molecule has 2 heterocycles. The van der Waals surface area contributed by atoms with Crippen molar-refractivity contribution in [2.24, 2.45) is 5.92 Å². The average Bonchev–Trinajstić information content (AvgIpc) is 3.56. The van der Waals surface area contributed by atoms with Crippen LogP contribution in [-0.2, 0) is 12.0 Å². The molecule has 0 spiro atoms. The summed E-state index contributed by atoms with van der Waals surface area (Å²) < 4.78 is 6.24. The normalized spacial score (nSPS) is 26.3. The quantitative estimate of drug-likeness (QED) is 0.509. The van der Waals surface area contributed by atoms with E-state index in [1.54, 1.807) is 0 Å². The van der Waals surface area contributed by atoms with Gasteiger partial charge in [0.1, 0.15) is 17.9 Å². The van der Waals surface area contributed by atoms with Crippen LogP contribution in [0.5, 0.6) is 5.75 Å².